The van der Waals surface area contributed by atoms with Crippen LogP contribution in [0.1, 0.15) is 12.7 Å². The first-order valence-corrected chi connectivity index (χ1v) is 6.42. The first-order chi connectivity index (χ1) is 8.61. The first kappa shape index (κ1) is 12.8. The number of aromatic nitrogens is 2. The van der Waals surface area contributed by atoms with Gasteiger partial charge in [0.2, 0.25) is 0 Å². The molecule has 18 heavy (non-hydrogen) atoms. The van der Waals surface area contributed by atoms with Gasteiger partial charge in [-0.15, -0.1) is 0 Å². The summed E-state index contributed by atoms with van der Waals surface area (Å²) in [7, 11) is 0. The zero-order valence-electron chi connectivity index (χ0n) is 9.61. The highest BCUT2D eigenvalue weighted by molar-refractivity contribution is 7.98. The van der Waals surface area contributed by atoms with Gasteiger partial charge in [0.1, 0.15) is 11.6 Å². The Morgan fingerprint density at radius 2 is 2.11 bits per heavy atom. The summed E-state index contributed by atoms with van der Waals surface area (Å²) in [5.41, 5.74) is 5.23. The highest BCUT2D eigenvalue weighted by atomic mass is 32.2. The number of hydrogen-bond donors (Lipinski definition) is 1. The van der Waals surface area contributed by atoms with Gasteiger partial charge in [-0.2, -0.15) is 16.7 Å². The molecular weight excluding hydrogens is 260 g/mol. The van der Waals surface area contributed by atoms with Gasteiger partial charge in [-0.25, -0.2) is 8.78 Å². The molecule has 7 heteroatoms. The van der Waals surface area contributed by atoms with Crippen molar-refractivity contribution in [2.45, 2.75) is 12.7 Å². The normalized spacial score (nSPS) is 10.8. The third-order valence-electron chi connectivity index (χ3n) is 2.22. The minimum absolute atomic E-state index is 0.00547. The Labute approximate surface area is 107 Å². The summed E-state index contributed by atoms with van der Waals surface area (Å²) in [6, 6.07) is 1.85. The third-order valence-corrected chi connectivity index (χ3v) is 3.09. The molecule has 1 aromatic heterocycles. The summed E-state index contributed by atoms with van der Waals surface area (Å²) in [6.07, 6.45) is 0. The molecule has 0 spiro atoms. The summed E-state index contributed by atoms with van der Waals surface area (Å²) in [4.78, 5) is 4.03. The molecule has 4 nitrogen and oxygen atoms in total. The summed E-state index contributed by atoms with van der Waals surface area (Å²) >= 11 is 1.62. The molecule has 0 aliphatic rings. The van der Waals surface area contributed by atoms with Crippen molar-refractivity contribution in [1.82, 2.24) is 10.1 Å². The van der Waals surface area contributed by atoms with Crippen LogP contribution < -0.4 is 5.73 Å². The quantitative estimate of drug-likeness (QED) is 0.866. The third kappa shape index (κ3) is 2.61. The van der Waals surface area contributed by atoms with E-state index in [2.05, 4.69) is 10.1 Å². The van der Waals surface area contributed by atoms with Crippen molar-refractivity contribution in [2.24, 2.45) is 0 Å². The smallest absolute Gasteiger partial charge is 0.261 e. The predicted octanol–water partition coefficient (Wildman–Crippen LogP) is 2.85. The zero-order valence-corrected chi connectivity index (χ0v) is 10.4. The van der Waals surface area contributed by atoms with Crippen molar-refractivity contribution in [3.05, 3.63) is 29.6 Å². The molecule has 0 fully saturated rings. The lowest BCUT2D eigenvalue weighted by molar-refractivity contribution is 0.422. The van der Waals surface area contributed by atoms with Gasteiger partial charge in [-0.3, -0.25) is 0 Å². The lowest BCUT2D eigenvalue weighted by Crippen LogP contribution is -1.95. The van der Waals surface area contributed by atoms with Crippen LogP contribution in [0.15, 0.2) is 16.7 Å². The lowest BCUT2D eigenvalue weighted by atomic mass is 10.2. The molecule has 1 heterocycles. The number of nitrogens with zero attached hydrogens (tertiary/aromatic N) is 2. The van der Waals surface area contributed by atoms with E-state index in [0.717, 1.165) is 11.8 Å². The topological polar surface area (TPSA) is 64.9 Å². The SMILES string of the molecule is CCSCc1noc(-c2cc(N)c(F)cc2F)n1. The Morgan fingerprint density at radius 1 is 1.33 bits per heavy atom. The predicted molar refractivity (Wildman–Crippen MR) is 65.9 cm³/mol. The molecule has 0 atom stereocenters. The van der Waals surface area contributed by atoms with E-state index < -0.39 is 11.6 Å². The largest absolute Gasteiger partial charge is 0.396 e. The molecule has 0 saturated heterocycles. The first-order valence-electron chi connectivity index (χ1n) is 5.27. The number of halogens is 2. The van der Waals surface area contributed by atoms with Gasteiger partial charge < -0.3 is 10.3 Å². The molecule has 2 aromatic rings. The molecule has 0 aliphatic heterocycles. The Morgan fingerprint density at radius 3 is 2.83 bits per heavy atom. The molecule has 0 bridgehead atoms. The second-order valence-electron chi connectivity index (χ2n) is 3.51. The Kier molecular flexibility index (Phi) is 3.81. The number of nitrogen functional groups attached to an aromatic ring is 1. The van der Waals surface area contributed by atoms with E-state index in [1.54, 1.807) is 11.8 Å². The van der Waals surface area contributed by atoms with Crippen molar-refractivity contribution in [3.63, 3.8) is 0 Å². The number of anilines is 1. The molecule has 0 amide bonds. The van der Waals surface area contributed by atoms with Crippen molar-refractivity contribution in [2.75, 3.05) is 11.5 Å². The van der Waals surface area contributed by atoms with Gasteiger partial charge in [-0.1, -0.05) is 12.1 Å². The number of benzene rings is 1. The van der Waals surface area contributed by atoms with E-state index in [9.17, 15) is 8.78 Å². The number of thioether (sulfide) groups is 1. The van der Waals surface area contributed by atoms with Crippen molar-refractivity contribution >= 4 is 17.4 Å². The maximum absolute atomic E-state index is 13.5. The minimum Gasteiger partial charge on any atom is -0.396 e. The second kappa shape index (κ2) is 5.34. The van der Waals surface area contributed by atoms with Crippen LogP contribution in [0.3, 0.4) is 0 Å². The van der Waals surface area contributed by atoms with Crippen molar-refractivity contribution in [1.29, 1.82) is 0 Å². The molecule has 0 saturated carbocycles. The second-order valence-corrected chi connectivity index (χ2v) is 4.78. The average Bonchev–Trinajstić information content (AvgIpc) is 2.79. The van der Waals surface area contributed by atoms with E-state index in [4.69, 9.17) is 10.3 Å². The Balaban J connectivity index is 2.31. The molecule has 96 valence electrons. The van der Waals surface area contributed by atoms with E-state index >= 15 is 0 Å². The van der Waals surface area contributed by atoms with Crippen LogP contribution in [-0.2, 0) is 5.75 Å². The number of nitrogens with two attached hydrogens (primary N) is 1. The van der Waals surface area contributed by atoms with Gasteiger partial charge in [0, 0.05) is 6.07 Å². The van der Waals surface area contributed by atoms with Crippen LogP contribution in [-0.4, -0.2) is 15.9 Å². The van der Waals surface area contributed by atoms with Crippen LogP contribution >= 0.6 is 11.8 Å². The fourth-order valence-corrected chi connectivity index (χ4v) is 1.85. The van der Waals surface area contributed by atoms with E-state index in [1.807, 2.05) is 6.92 Å². The van der Waals surface area contributed by atoms with Gasteiger partial charge in [0.25, 0.3) is 5.89 Å². The lowest BCUT2D eigenvalue weighted by Gasteiger charge is -2.00. The van der Waals surface area contributed by atoms with Crippen LogP contribution in [0.5, 0.6) is 0 Å². The Bertz CT molecular complexity index is 559. The molecule has 1 aromatic carbocycles. The number of hydrogen-bond acceptors (Lipinski definition) is 5. The van der Waals surface area contributed by atoms with Gasteiger partial charge >= 0.3 is 0 Å². The zero-order chi connectivity index (χ0) is 13.1. The standard InChI is InChI=1S/C11H11F2N3OS/c1-2-18-5-10-15-11(17-16-10)6-3-9(14)8(13)4-7(6)12/h3-4H,2,5,14H2,1H3. The van der Waals surface area contributed by atoms with Crippen LogP contribution in [0.4, 0.5) is 14.5 Å². The monoisotopic (exact) mass is 271 g/mol. The highest BCUT2D eigenvalue weighted by Crippen LogP contribution is 2.26. The minimum atomic E-state index is -0.808. The van der Waals surface area contributed by atoms with E-state index in [1.165, 1.54) is 0 Å². The molecule has 0 unspecified atom stereocenters. The molecule has 0 radical (unpaired) electrons. The molecule has 2 N–H and O–H groups in total. The van der Waals surface area contributed by atoms with Crippen LogP contribution in [0.2, 0.25) is 0 Å². The average molecular weight is 271 g/mol. The highest BCUT2D eigenvalue weighted by Gasteiger charge is 2.15. The summed E-state index contributed by atoms with van der Waals surface area (Å²) < 4.78 is 31.5. The fraction of sp³-hybridized carbons (Fsp3) is 0.273. The molecule has 0 aliphatic carbocycles. The van der Waals surface area contributed by atoms with E-state index in [-0.39, 0.29) is 17.1 Å². The summed E-state index contributed by atoms with van der Waals surface area (Å²) in [6.45, 7) is 2.01. The Hall–Kier alpha value is -1.63. The summed E-state index contributed by atoms with van der Waals surface area (Å²) in [5.74, 6) is 0.391. The van der Waals surface area contributed by atoms with Gasteiger partial charge in [0.05, 0.1) is 17.0 Å². The van der Waals surface area contributed by atoms with Crippen LogP contribution in [0.25, 0.3) is 11.5 Å². The molecule has 2 rings (SSSR count). The maximum Gasteiger partial charge on any atom is 0.261 e. The van der Waals surface area contributed by atoms with Crippen molar-refractivity contribution < 1.29 is 13.3 Å². The van der Waals surface area contributed by atoms with Crippen LogP contribution in [0, 0.1) is 11.6 Å². The van der Waals surface area contributed by atoms with E-state index in [0.29, 0.717) is 17.6 Å². The van der Waals surface area contributed by atoms with Gasteiger partial charge in [-0.05, 0) is 11.8 Å². The van der Waals surface area contributed by atoms with Gasteiger partial charge in [0.15, 0.2) is 5.82 Å². The number of rotatable bonds is 4. The summed E-state index contributed by atoms with van der Waals surface area (Å²) in [5, 5.41) is 3.72. The fourth-order valence-electron chi connectivity index (χ4n) is 1.34. The molecular formula is C11H11F2N3OS. The van der Waals surface area contributed by atoms with Crippen molar-refractivity contribution in [3.8, 4) is 11.5 Å². The maximum atomic E-state index is 13.5.